The van der Waals surface area contributed by atoms with E-state index in [0.29, 0.717) is 33.3 Å². The third-order valence-electron chi connectivity index (χ3n) is 5.68. The van der Waals surface area contributed by atoms with Crippen LogP contribution >= 0.6 is 0 Å². The second-order valence-electron chi connectivity index (χ2n) is 7.73. The van der Waals surface area contributed by atoms with Gasteiger partial charge in [-0.05, 0) is 42.0 Å². The molecule has 0 radical (unpaired) electrons. The predicted octanol–water partition coefficient (Wildman–Crippen LogP) is 4.68. The lowest BCUT2D eigenvalue weighted by molar-refractivity contribution is -0.565. The molecule has 0 spiro atoms. The fraction of sp³-hybridized carbons (Fsp3) is 0.107. The molecule has 36 heavy (non-hydrogen) atoms. The third-order valence-corrected chi connectivity index (χ3v) is 5.68. The summed E-state index contributed by atoms with van der Waals surface area (Å²) in [5, 5.41) is 11.9. The van der Waals surface area contributed by atoms with Gasteiger partial charge in [-0.25, -0.2) is 14.0 Å². The summed E-state index contributed by atoms with van der Waals surface area (Å²) in [6.45, 7) is 0. The van der Waals surface area contributed by atoms with Gasteiger partial charge in [0.1, 0.15) is 11.6 Å². The largest absolute Gasteiger partial charge is 0.497 e. The molecule has 1 heterocycles. The number of carbonyl (C=O) groups excluding carboxylic acids is 2. The molecular formula is C28H23FNO6+. The first-order valence-electron chi connectivity index (χ1n) is 10.9. The highest BCUT2D eigenvalue weighted by Crippen LogP contribution is 2.37. The zero-order valence-electron chi connectivity index (χ0n) is 19.8. The molecule has 0 saturated heterocycles. The number of hydrogen-bond donors (Lipinski definition) is 1. The maximum atomic E-state index is 14.3. The molecule has 4 aromatic rings. The average molecular weight is 488 g/mol. The van der Waals surface area contributed by atoms with Crippen LogP contribution in [0.4, 0.5) is 4.39 Å². The van der Waals surface area contributed by atoms with Gasteiger partial charge in [-0.3, -0.25) is 0 Å². The van der Waals surface area contributed by atoms with Crippen LogP contribution in [0.1, 0.15) is 0 Å². The van der Waals surface area contributed by atoms with Gasteiger partial charge in [0.2, 0.25) is 5.69 Å². The van der Waals surface area contributed by atoms with Crippen molar-refractivity contribution in [1.82, 2.24) is 0 Å². The van der Waals surface area contributed by atoms with Gasteiger partial charge in [0.15, 0.2) is 6.20 Å². The smallest absolute Gasteiger partial charge is 0.408 e. The van der Waals surface area contributed by atoms with Gasteiger partial charge in [-0.2, -0.15) is 0 Å². The van der Waals surface area contributed by atoms with Crippen LogP contribution in [0.2, 0.25) is 0 Å². The van der Waals surface area contributed by atoms with Crippen molar-refractivity contribution in [3.05, 3.63) is 90.6 Å². The first-order valence-corrected chi connectivity index (χ1v) is 10.9. The molecule has 0 atom stereocenters. The molecule has 3 aromatic carbocycles. The molecule has 0 fully saturated rings. The van der Waals surface area contributed by atoms with E-state index in [1.807, 2.05) is 30.3 Å². The van der Waals surface area contributed by atoms with Gasteiger partial charge in [-0.15, -0.1) is 4.57 Å². The second-order valence-corrected chi connectivity index (χ2v) is 7.73. The number of rotatable bonds is 6. The SMILES string of the molecule is COC(=O)/C(O)=C(\C(=O)OC)[n+]1cc2cc(F)ccc2c(-c2ccccc2)c1-c1ccc(OC)cc1. The number of hydrogen-bond acceptors (Lipinski definition) is 6. The zero-order valence-corrected chi connectivity index (χ0v) is 19.8. The van der Waals surface area contributed by atoms with Crippen molar-refractivity contribution in [1.29, 1.82) is 0 Å². The number of esters is 2. The van der Waals surface area contributed by atoms with Crippen LogP contribution in [0.5, 0.6) is 5.75 Å². The first kappa shape index (κ1) is 24.4. The summed E-state index contributed by atoms with van der Waals surface area (Å²) in [5.41, 5.74) is 1.98. The summed E-state index contributed by atoms with van der Waals surface area (Å²) in [7, 11) is 3.74. The van der Waals surface area contributed by atoms with E-state index in [0.717, 1.165) is 19.8 Å². The lowest BCUT2D eigenvalue weighted by Crippen LogP contribution is -2.41. The van der Waals surface area contributed by atoms with Crippen molar-refractivity contribution in [3.63, 3.8) is 0 Å². The molecule has 0 aliphatic rings. The predicted molar refractivity (Wildman–Crippen MR) is 131 cm³/mol. The van der Waals surface area contributed by atoms with Gasteiger partial charge >= 0.3 is 17.6 Å². The molecule has 0 amide bonds. The molecular weight excluding hydrogens is 465 g/mol. The van der Waals surface area contributed by atoms with Crippen molar-refractivity contribution in [2.45, 2.75) is 0 Å². The number of benzene rings is 3. The highest BCUT2D eigenvalue weighted by Gasteiger charge is 2.37. The molecule has 7 nitrogen and oxygen atoms in total. The van der Waals surface area contributed by atoms with Gasteiger partial charge in [0, 0.05) is 16.3 Å². The van der Waals surface area contributed by atoms with Crippen molar-refractivity contribution in [3.8, 4) is 28.1 Å². The van der Waals surface area contributed by atoms with E-state index in [4.69, 9.17) is 9.47 Å². The van der Waals surface area contributed by atoms with Crippen LogP contribution in [-0.2, 0) is 19.1 Å². The normalized spacial score (nSPS) is 11.6. The molecule has 4 rings (SSSR count). The van der Waals surface area contributed by atoms with Crippen LogP contribution in [-0.4, -0.2) is 38.4 Å². The fourth-order valence-corrected chi connectivity index (χ4v) is 4.02. The number of nitrogens with zero attached hydrogens (tertiary/aromatic N) is 1. The number of pyridine rings is 1. The quantitative estimate of drug-likeness (QED) is 0.184. The van der Waals surface area contributed by atoms with E-state index in [-0.39, 0.29) is 0 Å². The minimum absolute atomic E-state index is 0.421. The fourth-order valence-electron chi connectivity index (χ4n) is 4.02. The van der Waals surface area contributed by atoms with E-state index in [9.17, 15) is 19.1 Å². The maximum absolute atomic E-state index is 14.3. The maximum Gasteiger partial charge on any atom is 0.408 e. The Balaban J connectivity index is 2.24. The van der Waals surface area contributed by atoms with Gasteiger partial charge < -0.3 is 19.3 Å². The lowest BCUT2D eigenvalue weighted by Gasteiger charge is -2.15. The Bertz CT molecular complexity index is 1480. The molecule has 0 saturated carbocycles. The molecule has 182 valence electrons. The van der Waals surface area contributed by atoms with E-state index in [1.54, 1.807) is 37.4 Å². The average Bonchev–Trinajstić information content (AvgIpc) is 2.92. The molecule has 1 N–H and O–H groups in total. The van der Waals surface area contributed by atoms with E-state index < -0.39 is 29.2 Å². The van der Waals surface area contributed by atoms with E-state index in [2.05, 4.69) is 4.74 Å². The minimum Gasteiger partial charge on any atom is -0.497 e. The van der Waals surface area contributed by atoms with E-state index >= 15 is 0 Å². The Morgan fingerprint density at radius 3 is 2.11 bits per heavy atom. The molecule has 1 aromatic heterocycles. The zero-order chi connectivity index (χ0) is 25.8. The molecule has 0 unspecified atom stereocenters. The summed E-state index contributed by atoms with van der Waals surface area (Å²) in [6, 6.07) is 20.6. The summed E-state index contributed by atoms with van der Waals surface area (Å²) >= 11 is 0. The van der Waals surface area contributed by atoms with Crippen LogP contribution in [0, 0.1) is 5.82 Å². The van der Waals surface area contributed by atoms with Crippen molar-refractivity contribution in [2.24, 2.45) is 0 Å². The summed E-state index contributed by atoms with van der Waals surface area (Å²) in [4.78, 5) is 25.3. The Labute approximate surface area is 206 Å². The van der Waals surface area contributed by atoms with Crippen molar-refractivity contribution < 1.29 is 37.9 Å². The highest BCUT2D eigenvalue weighted by atomic mass is 19.1. The Hall–Kier alpha value is -4.72. The monoisotopic (exact) mass is 488 g/mol. The Morgan fingerprint density at radius 2 is 1.50 bits per heavy atom. The highest BCUT2D eigenvalue weighted by molar-refractivity contribution is 6.14. The minimum atomic E-state index is -1.14. The van der Waals surface area contributed by atoms with Crippen LogP contribution < -0.4 is 9.30 Å². The van der Waals surface area contributed by atoms with Gasteiger partial charge in [0.25, 0.3) is 5.76 Å². The second kappa shape index (κ2) is 10.3. The number of carbonyl (C=O) groups is 2. The number of fused-ring (bicyclic) bond motifs is 1. The summed E-state index contributed by atoms with van der Waals surface area (Å²) < 4.78 is 30.5. The molecule has 0 aliphatic carbocycles. The third kappa shape index (κ3) is 4.48. The lowest BCUT2D eigenvalue weighted by atomic mass is 9.93. The summed E-state index contributed by atoms with van der Waals surface area (Å²) in [5.74, 6) is -2.97. The molecule has 0 aliphatic heterocycles. The molecule has 0 bridgehead atoms. The number of aromatic nitrogens is 1. The van der Waals surface area contributed by atoms with Crippen molar-refractivity contribution >= 4 is 28.4 Å². The first-order chi connectivity index (χ1) is 17.4. The van der Waals surface area contributed by atoms with Gasteiger partial charge in [0.05, 0.1) is 26.9 Å². The Kier molecular flexibility index (Phi) is 6.96. The van der Waals surface area contributed by atoms with Gasteiger partial charge in [-0.1, -0.05) is 36.4 Å². The standard InChI is InChI=1S/C28H22FNO6/c1-34-21-12-9-18(10-13-21)24-23(17-7-5-4-6-8-17)22-14-11-20(29)15-19(22)16-30(24)25(27(32)35-2)26(31)28(33)36-3/h4-16H,1-3H3/p+1. The van der Waals surface area contributed by atoms with Crippen LogP contribution in [0.25, 0.3) is 38.9 Å². The number of halogens is 1. The molecule has 8 heteroatoms. The van der Waals surface area contributed by atoms with Crippen molar-refractivity contribution in [2.75, 3.05) is 21.3 Å². The van der Waals surface area contributed by atoms with E-state index in [1.165, 1.54) is 22.9 Å². The Morgan fingerprint density at radius 1 is 0.833 bits per heavy atom. The summed E-state index contributed by atoms with van der Waals surface area (Å²) in [6.07, 6.45) is 1.47. The number of ether oxygens (including phenoxy) is 3. The number of aliphatic hydroxyl groups is 1. The van der Waals surface area contributed by atoms with Crippen LogP contribution in [0.15, 0.2) is 84.8 Å². The number of methoxy groups -OCH3 is 3. The van der Waals surface area contributed by atoms with Crippen LogP contribution in [0.3, 0.4) is 0 Å². The number of aliphatic hydroxyl groups excluding tert-OH is 1. The topological polar surface area (TPSA) is 85.9 Å².